The number of hydrogen-bond donors (Lipinski definition) is 0. The summed E-state index contributed by atoms with van der Waals surface area (Å²) in [7, 11) is 0. The van der Waals surface area contributed by atoms with Gasteiger partial charge in [-0.2, -0.15) is 0 Å². The largest absolute Gasteiger partial charge is 0.489 e. The van der Waals surface area contributed by atoms with Gasteiger partial charge in [-0.05, 0) is 46.3 Å². The van der Waals surface area contributed by atoms with Gasteiger partial charge in [0.15, 0.2) is 0 Å². The fraction of sp³-hybridized carbons (Fsp3) is 0.308. The number of aryl methyl sites for hydroxylation is 2. The molecule has 0 unspecified atom stereocenters. The summed E-state index contributed by atoms with van der Waals surface area (Å²) >= 11 is 0. The molecule has 0 saturated heterocycles. The van der Waals surface area contributed by atoms with E-state index in [1.807, 2.05) is 31.3 Å². The first-order chi connectivity index (χ1) is 14.4. The van der Waals surface area contributed by atoms with Crippen LogP contribution in [0, 0.1) is 13.8 Å². The van der Waals surface area contributed by atoms with E-state index in [1.54, 1.807) is 6.92 Å². The zero-order valence-electron chi connectivity index (χ0n) is 18.3. The minimum Gasteiger partial charge on any atom is -0.489 e. The molecule has 0 bridgehead atoms. The lowest BCUT2D eigenvalue weighted by Gasteiger charge is -2.14. The van der Waals surface area contributed by atoms with E-state index in [0.717, 1.165) is 34.8 Å². The smallest absolute Gasteiger partial charge is 0.140 e. The summed E-state index contributed by atoms with van der Waals surface area (Å²) in [5, 5.41) is 0. The molecule has 3 aromatic rings. The highest BCUT2D eigenvalue weighted by Gasteiger charge is 2.12. The summed E-state index contributed by atoms with van der Waals surface area (Å²) in [6.45, 7) is 9.03. The number of Topliss-reactive ketones (excluding diaryl/α,β-unsaturated/α-hetero) is 1. The number of rotatable bonds is 9. The van der Waals surface area contributed by atoms with Gasteiger partial charge in [-0.15, -0.1) is 0 Å². The van der Waals surface area contributed by atoms with E-state index in [0.29, 0.717) is 19.6 Å². The maximum absolute atomic E-state index is 11.1. The van der Waals surface area contributed by atoms with E-state index >= 15 is 0 Å². The molecule has 156 valence electrons. The van der Waals surface area contributed by atoms with E-state index in [4.69, 9.17) is 4.74 Å². The van der Waals surface area contributed by atoms with Crippen molar-refractivity contribution in [1.29, 1.82) is 0 Å². The fourth-order valence-electron chi connectivity index (χ4n) is 3.29. The zero-order valence-corrected chi connectivity index (χ0v) is 18.3. The molecule has 0 aliphatic carbocycles. The summed E-state index contributed by atoms with van der Waals surface area (Å²) in [6, 6.07) is 16.6. The van der Waals surface area contributed by atoms with Gasteiger partial charge in [-0.1, -0.05) is 53.6 Å². The molecule has 0 N–H and O–H groups in total. The van der Waals surface area contributed by atoms with Crippen molar-refractivity contribution < 1.29 is 9.53 Å². The zero-order chi connectivity index (χ0) is 21.5. The standard InChI is InChI=1S/C26H30N2O2/c1-19-10-13-23(14-11-19)26-27-17-21(3)28(26)18-24-7-5-6-8-25(24)30-16-15-20(2)9-12-22(4)29/h5-8,10-11,13-15,17H,9,12,16,18H2,1-4H3/b20-15+. The topological polar surface area (TPSA) is 44.1 Å². The van der Waals surface area contributed by atoms with Crippen molar-refractivity contribution in [2.45, 2.75) is 47.1 Å². The normalized spacial score (nSPS) is 11.5. The lowest BCUT2D eigenvalue weighted by atomic mass is 10.1. The highest BCUT2D eigenvalue weighted by molar-refractivity contribution is 5.75. The number of nitrogens with zero attached hydrogens (tertiary/aromatic N) is 2. The number of para-hydroxylation sites is 1. The Morgan fingerprint density at radius 3 is 2.50 bits per heavy atom. The predicted octanol–water partition coefficient (Wildman–Crippen LogP) is 5.91. The van der Waals surface area contributed by atoms with E-state index in [1.165, 1.54) is 11.1 Å². The van der Waals surface area contributed by atoms with Gasteiger partial charge in [-0.3, -0.25) is 0 Å². The monoisotopic (exact) mass is 402 g/mol. The molecule has 30 heavy (non-hydrogen) atoms. The fourth-order valence-corrected chi connectivity index (χ4v) is 3.29. The molecule has 2 aromatic carbocycles. The van der Waals surface area contributed by atoms with Gasteiger partial charge < -0.3 is 14.1 Å². The van der Waals surface area contributed by atoms with Crippen LogP contribution < -0.4 is 4.74 Å². The summed E-state index contributed by atoms with van der Waals surface area (Å²) in [5.74, 6) is 2.05. The minimum atomic E-state index is 0.217. The second-order valence-electron chi connectivity index (χ2n) is 7.85. The molecule has 1 aromatic heterocycles. The van der Waals surface area contributed by atoms with Crippen molar-refractivity contribution in [3.63, 3.8) is 0 Å². The second-order valence-corrected chi connectivity index (χ2v) is 7.85. The van der Waals surface area contributed by atoms with Crippen LogP contribution in [0.3, 0.4) is 0 Å². The van der Waals surface area contributed by atoms with Gasteiger partial charge in [0.1, 0.15) is 24.0 Å². The molecule has 4 heteroatoms. The highest BCUT2D eigenvalue weighted by atomic mass is 16.5. The number of hydrogen-bond acceptors (Lipinski definition) is 3. The lowest BCUT2D eigenvalue weighted by Crippen LogP contribution is -2.07. The molecular weight excluding hydrogens is 372 g/mol. The van der Waals surface area contributed by atoms with Crippen LogP contribution in [0.15, 0.2) is 66.4 Å². The third-order valence-electron chi connectivity index (χ3n) is 5.21. The number of allylic oxidation sites excluding steroid dienone is 1. The van der Waals surface area contributed by atoms with Crippen molar-refractivity contribution >= 4 is 5.78 Å². The summed E-state index contributed by atoms with van der Waals surface area (Å²) in [6.07, 6.45) is 5.34. The molecule has 1 heterocycles. The van der Waals surface area contributed by atoms with Crippen LogP contribution in [0.5, 0.6) is 5.75 Å². The van der Waals surface area contributed by atoms with Crippen molar-refractivity contribution in [2.24, 2.45) is 0 Å². The van der Waals surface area contributed by atoms with Gasteiger partial charge in [0.2, 0.25) is 0 Å². The lowest BCUT2D eigenvalue weighted by molar-refractivity contribution is -0.116. The molecule has 0 spiro atoms. The van der Waals surface area contributed by atoms with Crippen LogP contribution in [0.4, 0.5) is 0 Å². The Morgan fingerprint density at radius 2 is 1.77 bits per heavy atom. The van der Waals surface area contributed by atoms with Crippen LogP contribution in [-0.2, 0) is 11.3 Å². The Kier molecular flexibility index (Phi) is 7.23. The first kappa shape index (κ1) is 21.6. The number of carbonyl (C=O) groups is 1. The second kappa shape index (κ2) is 10.1. The highest BCUT2D eigenvalue weighted by Crippen LogP contribution is 2.25. The molecule has 4 nitrogen and oxygen atoms in total. The maximum atomic E-state index is 11.1. The van der Waals surface area contributed by atoms with Gasteiger partial charge >= 0.3 is 0 Å². The molecular formula is C26H30N2O2. The van der Waals surface area contributed by atoms with Gasteiger partial charge in [-0.25, -0.2) is 4.98 Å². The number of ether oxygens (including phenoxy) is 1. The number of imidazole rings is 1. The first-order valence-electron chi connectivity index (χ1n) is 10.4. The Labute approximate surface area is 179 Å². The van der Waals surface area contributed by atoms with Crippen LogP contribution in [0.1, 0.15) is 43.5 Å². The predicted molar refractivity (Wildman–Crippen MR) is 122 cm³/mol. The maximum Gasteiger partial charge on any atom is 0.140 e. The van der Waals surface area contributed by atoms with Crippen molar-refractivity contribution in [3.05, 3.63) is 83.2 Å². The summed E-state index contributed by atoms with van der Waals surface area (Å²) < 4.78 is 8.29. The van der Waals surface area contributed by atoms with E-state index in [9.17, 15) is 4.79 Å². The third-order valence-corrected chi connectivity index (χ3v) is 5.21. The molecule has 0 atom stereocenters. The molecule has 0 aliphatic rings. The van der Waals surface area contributed by atoms with Crippen LogP contribution in [-0.4, -0.2) is 21.9 Å². The van der Waals surface area contributed by atoms with Crippen LogP contribution in [0.25, 0.3) is 11.4 Å². The van der Waals surface area contributed by atoms with Crippen LogP contribution in [0.2, 0.25) is 0 Å². The molecule has 0 fully saturated rings. The van der Waals surface area contributed by atoms with E-state index in [-0.39, 0.29) is 5.78 Å². The molecule has 0 radical (unpaired) electrons. The molecule has 0 amide bonds. The van der Waals surface area contributed by atoms with Crippen molar-refractivity contribution in [2.75, 3.05) is 6.61 Å². The van der Waals surface area contributed by atoms with Crippen LogP contribution >= 0.6 is 0 Å². The number of aromatic nitrogens is 2. The Morgan fingerprint density at radius 1 is 1.03 bits per heavy atom. The minimum absolute atomic E-state index is 0.217. The number of ketones is 1. The molecule has 0 saturated carbocycles. The summed E-state index contributed by atoms with van der Waals surface area (Å²) in [4.78, 5) is 15.8. The summed E-state index contributed by atoms with van der Waals surface area (Å²) in [5.41, 5.74) is 5.74. The SMILES string of the molecule is CC(=O)CC/C(C)=C/COc1ccccc1Cn1c(C)cnc1-c1ccc(C)cc1. The quantitative estimate of drug-likeness (QED) is 0.418. The van der Waals surface area contributed by atoms with Gasteiger partial charge in [0.05, 0.1) is 6.54 Å². The van der Waals surface area contributed by atoms with Crippen molar-refractivity contribution in [1.82, 2.24) is 9.55 Å². The van der Waals surface area contributed by atoms with Gasteiger partial charge in [0, 0.05) is 29.4 Å². The average Bonchev–Trinajstić information content (AvgIpc) is 3.08. The molecule has 3 rings (SSSR count). The average molecular weight is 403 g/mol. The Balaban J connectivity index is 1.76. The Hall–Kier alpha value is -3.14. The van der Waals surface area contributed by atoms with Gasteiger partial charge in [0.25, 0.3) is 0 Å². The Bertz CT molecular complexity index is 1030. The first-order valence-corrected chi connectivity index (χ1v) is 10.4. The van der Waals surface area contributed by atoms with Crippen molar-refractivity contribution in [3.8, 4) is 17.1 Å². The number of carbonyl (C=O) groups excluding carboxylic acids is 1. The van der Waals surface area contributed by atoms with E-state index < -0.39 is 0 Å². The van der Waals surface area contributed by atoms with E-state index in [2.05, 4.69) is 59.8 Å². The third kappa shape index (κ3) is 5.69. The molecule has 0 aliphatic heterocycles. The number of benzene rings is 2.